The van der Waals surface area contributed by atoms with E-state index >= 15 is 0 Å². The Kier molecular flexibility index (Phi) is 4.29. The molecule has 0 spiro atoms. The maximum absolute atomic E-state index is 2.78. The zero-order valence-corrected chi connectivity index (χ0v) is 11.4. The fourth-order valence-corrected chi connectivity index (χ4v) is 4.01. The second kappa shape index (κ2) is 5.53. The van der Waals surface area contributed by atoms with Crippen LogP contribution in [0.1, 0.15) is 59.3 Å². The standard InChI is InChI=1S/C15H29N/c1-4-13-7-8-14(11-15(13)12(2)3)16-9-5-6-10-16/h12-15H,4-11H2,1-3H3. The molecular weight excluding hydrogens is 194 g/mol. The predicted octanol–water partition coefficient (Wildman–Crippen LogP) is 3.93. The van der Waals surface area contributed by atoms with Crippen LogP contribution in [0.3, 0.4) is 0 Å². The lowest BCUT2D eigenvalue weighted by Crippen LogP contribution is -2.40. The minimum Gasteiger partial charge on any atom is -0.300 e. The highest BCUT2D eigenvalue weighted by molar-refractivity contribution is 4.87. The summed E-state index contributed by atoms with van der Waals surface area (Å²) in [6, 6.07) is 0.928. The molecule has 1 saturated carbocycles. The molecule has 1 aliphatic heterocycles. The Hall–Kier alpha value is -0.0400. The van der Waals surface area contributed by atoms with Crippen LogP contribution in [0.4, 0.5) is 0 Å². The minimum absolute atomic E-state index is 0.885. The number of rotatable bonds is 3. The highest BCUT2D eigenvalue weighted by atomic mass is 15.2. The summed E-state index contributed by atoms with van der Waals surface area (Å²) in [5.74, 6) is 2.89. The van der Waals surface area contributed by atoms with E-state index in [4.69, 9.17) is 0 Å². The molecule has 0 aromatic rings. The molecule has 0 aromatic heterocycles. The lowest BCUT2D eigenvalue weighted by molar-refractivity contribution is 0.0874. The normalized spacial score (nSPS) is 37.1. The molecule has 1 nitrogen and oxygen atoms in total. The second-order valence-corrected chi connectivity index (χ2v) is 6.29. The summed E-state index contributed by atoms with van der Waals surface area (Å²) in [5.41, 5.74) is 0. The Balaban J connectivity index is 1.94. The fourth-order valence-electron chi connectivity index (χ4n) is 4.01. The van der Waals surface area contributed by atoms with Gasteiger partial charge in [0, 0.05) is 6.04 Å². The summed E-state index contributed by atoms with van der Waals surface area (Å²) in [7, 11) is 0. The third-order valence-corrected chi connectivity index (χ3v) is 5.06. The van der Waals surface area contributed by atoms with Crippen molar-refractivity contribution in [3.05, 3.63) is 0 Å². The minimum atomic E-state index is 0.885. The zero-order valence-electron chi connectivity index (χ0n) is 11.4. The SMILES string of the molecule is CCC1CCC(N2CCCC2)CC1C(C)C. The largest absolute Gasteiger partial charge is 0.300 e. The van der Waals surface area contributed by atoms with Gasteiger partial charge < -0.3 is 4.90 Å². The van der Waals surface area contributed by atoms with Gasteiger partial charge >= 0.3 is 0 Å². The van der Waals surface area contributed by atoms with Gasteiger partial charge in [0.25, 0.3) is 0 Å². The van der Waals surface area contributed by atoms with E-state index in [1.807, 2.05) is 0 Å². The van der Waals surface area contributed by atoms with Gasteiger partial charge in [0.05, 0.1) is 0 Å². The van der Waals surface area contributed by atoms with Crippen molar-refractivity contribution in [2.24, 2.45) is 17.8 Å². The monoisotopic (exact) mass is 223 g/mol. The molecule has 2 fully saturated rings. The topological polar surface area (TPSA) is 3.24 Å². The third kappa shape index (κ3) is 2.61. The molecule has 16 heavy (non-hydrogen) atoms. The molecule has 1 heteroatoms. The molecule has 2 rings (SSSR count). The Bertz CT molecular complexity index is 205. The number of likely N-dealkylation sites (tertiary alicyclic amines) is 1. The first-order valence-electron chi connectivity index (χ1n) is 7.46. The second-order valence-electron chi connectivity index (χ2n) is 6.29. The molecular formula is C15H29N. The van der Waals surface area contributed by atoms with Crippen molar-refractivity contribution in [1.82, 2.24) is 4.90 Å². The predicted molar refractivity (Wildman–Crippen MR) is 70.6 cm³/mol. The van der Waals surface area contributed by atoms with E-state index in [0.29, 0.717) is 0 Å². The van der Waals surface area contributed by atoms with Gasteiger partial charge in [-0.3, -0.25) is 0 Å². The first kappa shape index (κ1) is 12.4. The van der Waals surface area contributed by atoms with Crippen molar-refractivity contribution in [2.75, 3.05) is 13.1 Å². The van der Waals surface area contributed by atoms with E-state index in [0.717, 1.165) is 23.8 Å². The third-order valence-electron chi connectivity index (χ3n) is 5.06. The van der Waals surface area contributed by atoms with Gasteiger partial charge in [-0.1, -0.05) is 27.2 Å². The number of nitrogens with zero attached hydrogens (tertiary/aromatic N) is 1. The van der Waals surface area contributed by atoms with Gasteiger partial charge in [-0.15, -0.1) is 0 Å². The van der Waals surface area contributed by atoms with Crippen LogP contribution >= 0.6 is 0 Å². The van der Waals surface area contributed by atoms with Crippen molar-refractivity contribution in [1.29, 1.82) is 0 Å². The van der Waals surface area contributed by atoms with Crippen LogP contribution in [0, 0.1) is 17.8 Å². The quantitative estimate of drug-likeness (QED) is 0.700. The van der Waals surface area contributed by atoms with Crippen LogP contribution in [-0.4, -0.2) is 24.0 Å². The van der Waals surface area contributed by atoms with Crippen LogP contribution in [-0.2, 0) is 0 Å². The van der Waals surface area contributed by atoms with Crippen molar-refractivity contribution in [3.63, 3.8) is 0 Å². The Morgan fingerprint density at radius 1 is 1.12 bits per heavy atom. The van der Waals surface area contributed by atoms with Gasteiger partial charge in [0.1, 0.15) is 0 Å². The maximum Gasteiger partial charge on any atom is 0.00981 e. The number of hydrogen-bond donors (Lipinski definition) is 0. The Morgan fingerprint density at radius 2 is 1.81 bits per heavy atom. The zero-order chi connectivity index (χ0) is 11.5. The van der Waals surface area contributed by atoms with E-state index in [1.165, 1.54) is 51.6 Å². The molecule has 1 heterocycles. The van der Waals surface area contributed by atoms with Crippen LogP contribution in [0.15, 0.2) is 0 Å². The molecule has 0 N–H and O–H groups in total. The highest BCUT2D eigenvalue weighted by Crippen LogP contribution is 2.39. The average Bonchev–Trinajstić information content (AvgIpc) is 2.81. The van der Waals surface area contributed by atoms with E-state index in [2.05, 4.69) is 25.7 Å². The molecule has 0 bridgehead atoms. The summed E-state index contributed by atoms with van der Waals surface area (Å²) in [6.45, 7) is 10.0. The molecule has 3 atom stereocenters. The van der Waals surface area contributed by atoms with Crippen LogP contribution in [0.2, 0.25) is 0 Å². The first-order chi connectivity index (χ1) is 7.72. The van der Waals surface area contributed by atoms with E-state index in [-0.39, 0.29) is 0 Å². The van der Waals surface area contributed by atoms with Crippen LogP contribution in [0.5, 0.6) is 0 Å². The summed E-state index contributed by atoms with van der Waals surface area (Å²) in [4.78, 5) is 2.78. The Morgan fingerprint density at radius 3 is 2.38 bits per heavy atom. The van der Waals surface area contributed by atoms with Gasteiger partial charge in [-0.05, 0) is 62.9 Å². The molecule has 0 amide bonds. The summed E-state index contributed by atoms with van der Waals surface area (Å²) >= 11 is 0. The molecule has 0 aromatic carbocycles. The maximum atomic E-state index is 2.78. The molecule has 2 aliphatic rings. The van der Waals surface area contributed by atoms with Crippen molar-refractivity contribution in [3.8, 4) is 0 Å². The first-order valence-corrected chi connectivity index (χ1v) is 7.46. The molecule has 0 radical (unpaired) electrons. The van der Waals surface area contributed by atoms with E-state index in [9.17, 15) is 0 Å². The highest BCUT2D eigenvalue weighted by Gasteiger charge is 2.34. The molecule has 1 aliphatic carbocycles. The summed E-state index contributed by atoms with van der Waals surface area (Å²) < 4.78 is 0. The lowest BCUT2D eigenvalue weighted by atomic mass is 9.70. The summed E-state index contributed by atoms with van der Waals surface area (Å²) in [5, 5.41) is 0. The van der Waals surface area contributed by atoms with E-state index in [1.54, 1.807) is 0 Å². The summed E-state index contributed by atoms with van der Waals surface area (Å²) in [6.07, 6.45) is 8.73. The van der Waals surface area contributed by atoms with Gasteiger partial charge in [0.15, 0.2) is 0 Å². The van der Waals surface area contributed by atoms with Crippen LogP contribution < -0.4 is 0 Å². The Labute approximate surface area is 102 Å². The fraction of sp³-hybridized carbons (Fsp3) is 1.00. The van der Waals surface area contributed by atoms with Crippen molar-refractivity contribution in [2.45, 2.75) is 65.3 Å². The molecule has 3 unspecified atom stereocenters. The van der Waals surface area contributed by atoms with Crippen molar-refractivity contribution < 1.29 is 0 Å². The van der Waals surface area contributed by atoms with Gasteiger partial charge in [-0.2, -0.15) is 0 Å². The molecule has 94 valence electrons. The lowest BCUT2D eigenvalue weighted by Gasteiger charge is -2.41. The smallest absolute Gasteiger partial charge is 0.00981 e. The average molecular weight is 223 g/mol. The molecule has 1 saturated heterocycles. The van der Waals surface area contributed by atoms with Crippen molar-refractivity contribution >= 4 is 0 Å². The van der Waals surface area contributed by atoms with E-state index < -0.39 is 0 Å². The van der Waals surface area contributed by atoms with Gasteiger partial charge in [-0.25, -0.2) is 0 Å². The van der Waals surface area contributed by atoms with Gasteiger partial charge in [0.2, 0.25) is 0 Å². The van der Waals surface area contributed by atoms with Crippen LogP contribution in [0.25, 0.3) is 0 Å². The number of hydrogen-bond acceptors (Lipinski definition) is 1.